The third-order valence-electron chi connectivity index (χ3n) is 2.81. The molecular weight excluding hydrogens is 242 g/mol. The molecule has 0 radical (unpaired) electrons. The molecule has 0 spiro atoms. The van der Waals surface area contributed by atoms with Crippen LogP contribution in [0.4, 0.5) is 4.79 Å². The molecule has 2 aromatic carbocycles. The Hall–Kier alpha value is -2.33. The molecule has 0 atom stereocenters. The molecule has 1 amide bonds. The molecule has 0 aliphatic heterocycles. The van der Waals surface area contributed by atoms with Gasteiger partial charge in [0.1, 0.15) is 0 Å². The first-order valence-corrected chi connectivity index (χ1v) is 5.95. The normalized spacial score (nSPS) is 10.2. The van der Waals surface area contributed by atoms with Gasteiger partial charge in [0.2, 0.25) is 0 Å². The molecule has 4 nitrogen and oxygen atoms in total. The summed E-state index contributed by atoms with van der Waals surface area (Å²) in [5, 5.41) is 20.1. The minimum absolute atomic E-state index is 0.00804. The summed E-state index contributed by atoms with van der Waals surface area (Å²) >= 11 is 0. The quantitative estimate of drug-likeness (QED) is 0.788. The van der Waals surface area contributed by atoms with Gasteiger partial charge in [-0.25, -0.2) is 4.79 Å². The highest BCUT2D eigenvalue weighted by atomic mass is 16.4. The topological polar surface area (TPSA) is 69.6 Å². The number of aliphatic hydroxyl groups is 1. The Labute approximate surface area is 111 Å². The zero-order valence-electron chi connectivity index (χ0n) is 10.3. The van der Waals surface area contributed by atoms with Crippen molar-refractivity contribution in [2.45, 2.75) is 13.2 Å². The van der Waals surface area contributed by atoms with Crippen LogP contribution in [-0.2, 0) is 13.2 Å². The Bertz CT molecular complexity index is 581. The first-order chi connectivity index (χ1) is 9.19. The Morgan fingerprint density at radius 2 is 1.58 bits per heavy atom. The second kappa shape index (κ2) is 6.02. The first kappa shape index (κ1) is 13.1. The van der Waals surface area contributed by atoms with Gasteiger partial charge in [-0.05, 0) is 34.4 Å². The minimum atomic E-state index is -1.03. The molecule has 0 bridgehead atoms. The SMILES string of the molecule is O=C(O)NCc1cccc(-c2cccc(CO)c2)c1. The Morgan fingerprint density at radius 3 is 2.16 bits per heavy atom. The number of carboxylic acid groups (broad SMARTS) is 1. The lowest BCUT2D eigenvalue weighted by molar-refractivity contribution is 0.194. The van der Waals surface area contributed by atoms with E-state index in [0.717, 1.165) is 22.3 Å². The molecule has 0 aliphatic rings. The second-order valence-corrected chi connectivity index (χ2v) is 4.22. The monoisotopic (exact) mass is 257 g/mol. The molecule has 0 saturated carbocycles. The van der Waals surface area contributed by atoms with Crippen LogP contribution in [0.15, 0.2) is 48.5 Å². The lowest BCUT2D eigenvalue weighted by atomic mass is 10.0. The lowest BCUT2D eigenvalue weighted by Gasteiger charge is -2.07. The van der Waals surface area contributed by atoms with E-state index in [0.29, 0.717) is 0 Å². The van der Waals surface area contributed by atoms with Crippen LogP contribution in [0, 0.1) is 0 Å². The van der Waals surface area contributed by atoms with E-state index < -0.39 is 6.09 Å². The van der Waals surface area contributed by atoms with Crippen LogP contribution in [0.1, 0.15) is 11.1 Å². The largest absolute Gasteiger partial charge is 0.465 e. The molecule has 0 aromatic heterocycles. The smallest absolute Gasteiger partial charge is 0.404 e. The molecule has 0 aliphatic carbocycles. The summed E-state index contributed by atoms with van der Waals surface area (Å²) < 4.78 is 0. The Balaban J connectivity index is 2.24. The van der Waals surface area contributed by atoms with Crippen molar-refractivity contribution < 1.29 is 15.0 Å². The van der Waals surface area contributed by atoms with E-state index in [1.54, 1.807) is 0 Å². The standard InChI is InChI=1S/C15H15NO3/c17-10-12-4-2-6-14(8-12)13-5-1-3-11(7-13)9-16-15(18)19/h1-8,16-17H,9-10H2,(H,18,19). The maximum absolute atomic E-state index is 10.5. The zero-order valence-corrected chi connectivity index (χ0v) is 10.3. The van der Waals surface area contributed by atoms with Gasteiger partial charge in [-0.3, -0.25) is 0 Å². The third-order valence-corrected chi connectivity index (χ3v) is 2.81. The van der Waals surface area contributed by atoms with Crippen LogP contribution in [0.2, 0.25) is 0 Å². The summed E-state index contributed by atoms with van der Waals surface area (Å²) in [6.07, 6.45) is -1.03. The van der Waals surface area contributed by atoms with Crippen molar-refractivity contribution in [1.29, 1.82) is 0 Å². The Kier molecular flexibility index (Phi) is 4.15. The Morgan fingerprint density at radius 1 is 1.00 bits per heavy atom. The number of aliphatic hydroxyl groups excluding tert-OH is 1. The van der Waals surface area contributed by atoms with Crippen LogP contribution >= 0.6 is 0 Å². The number of hydrogen-bond acceptors (Lipinski definition) is 2. The van der Waals surface area contributed by atoms with Crippen LogP contribution in [0.25, 0.3) is 11.1 Å². The van der Waals surface area contributed by atoms with E-state index in [9.17, 15) is 4.79 Å². The maximum atomic E-state index is 10.5. The van der Waals surface area contributed by atoms with Gasteiger partial charge in [0.05, 0.1) is 6.61 Å². The maximum Gasteiger partial charge on any atom is 0.404 e. The summed E-state index contributed by atoms with van der Waals surface area (Å²) in [4.78, 5) is 10.5. The first-order valence-electron chi connectivity index (χ1n) is 5.95. The molecule has 2 rings (SSSR count). The van der Waals surface area contributed by atoms with E-state index in [-0.39, 0.29) is 13.2 Å². The fraction of sp³-hybridized carbons (Fsp3) is 0.133. The van der Waals surface area contributed by atoms with E-state index in [1.165, 1.54) is 0 Å². The summed E-state index contributed by atoms with van der Waals surface area (Å²) in [6, 6.07) is 15.3. The summed E-state index contributed by atoms with van der Waals surface area (Å²) in [7, 11) is 0. The predicted octanol–water partition coefficient (Wildman–Crippen LogP) is 2.61. The van der Waals surface area contributed by atoms with Crippen molar-refractivity contribution in [3.05, 3.63) is 59.7 Å². The zero-order chi connectivity index (χ0) is 13.7. The molecule has 0 fully saturated rings. The number of rotatable bonds is 4. The highest BCUT2D eigenvalue weighted by Crippen LogP contribution is 2.21. The van der Waals surface area contributed by atoms with Gasteiger partial charge < -0.3 is 15.5 Å². The van der Waals surface area contributed by atoms with Crippen LogP contribution < -0.4 is 5.32 Å². The van der Waals surface area contributed by atoms with Gasteiger partial charge in [-0.15, -0.1) is 0 Å². The average Bonchev–Trinajstić information content (AvgIpc) is 2.45. The van der Waals surface area contributed by atoms with Gasteiger partial charge >= 0.3 is 6.09 Å². The number of amides is 1. The van der Waals surface area contributed by atoms with Crippen LogP contribution in [0.3, 0.4) is 0 Å². The molecule has 98 valence electrons. The van der Waals surface area contributed by atoms with Crippen LogP contribution in [-0.4, -0.2) is 16.3 Å². The second-order valence-electron chi connectivity index (χ2n) is 4.22. The van der Waals surface area contributed by atoms with E-state index in [4.69, 9.17) is 10.2 Å². The van der Waals surface area contributed by atoms with E-state index >= 15 is 0 Å². The fourth-order valence-electron chi connectivity index (χ4n) is 1.89. The highest BCUT2D eigenvalue weighted by molar-refractivity contribution is 5.66. The molecule has 0 saturated heterocycles. The van der Waals surface area contributed by atoms with Gasteiger partial charge in [0, 0.05) is 6.54 Å². The van der Waals surface area contributed by atoms with Gasteiger partial charge in [-0.2, -0.15) is 0 Å². The van der Waals surface area contributed by atoms with Crippen LogP contribution in [0.5, 0.6) is 0 Å². The molecule has 0 heterocycles. The molecule has 2 aromatic rings. The van der Waals surface area contributed by atoms with Crippen molar-refractivity contribution in [3.8, 4) is 11.1 Å². The number of nitrogens with one attached hydrogen (secondary N) is 1. The fourth-order valence-corrected chi connectivity index (χ4v) is 1.89. The average molecular weight is 257 g/mol. The molecule has 0 unspecified atom stereocenters. The van der Waals surface area contributed by atoms with Gasteiger partial charge in [0.25, 0.3) is 0 Å². The molecular formula is C15H15NO3. The number of hydrogen-bond donors (Lipinski definition) is 3. The predicted molar refractivity (Wildman–Crippen MR) is 72.7 cm³/mol. The lowest BCUT2D eigenvalue weighted by Crippen LogP contribution is -2.19. The van der Waals surface area contributed by atoms with E-state index in [1.807, 2.05) is 48.5 Å². The number of carbonyl (C=O) groups is 1. The van der Waals surface area contributed by atoms with Crippen molar-refractivity contribution in [2.75, 3.05) is 0 Å². The van der Waals surface area contributed by atoms with Gasteiger partial charge in [-0.1, -0.05) is 36.4 Å². The molecule has 3 N–H and O–H groups in total. The summed E-state index contributed by atoms with van der Waals surface area (Å²) in [5.41, 5.74) is 3.75. The third kappa shape index (κ3) is 3.56. The minimum Gasteiger partial charge on any atom is -0.465 e. The molecule has 19 heavy (non-hydrogen) atoms. The van der Waals surface area contributed by atoms with E-state index in [2.05, 4.69) is 5.32 Å². The molecule has 4 heteroatoms. The van der Waals surface area contributed by atoms with Crippen molar-refractivity contribution in [3.63, 3.8) is 0 Å². The number of benzene rings is 2. The summed E-state index contributed by atoms with van der Waals surface area (Å²) in [5.74, 6) is 0. The van der Waals surface area contributed by atoms with Crippen molar-refractivity contribution in [2.24, 2.45) is 0 Å². The van der Waals surface area contributed by atoms with Crippen molar-refractivity contribution >= 4 is 6.09 Å². The van der Waals surface area contributed by atoms with Gasteiger partial charge in [0.15, 0.2) is 0 Å². The highest BCUT2D eigenvalue weighted by Gasteiger charge is 2.02. The summed E-state index contributed by atoms with van der Waals surface area (Å²) in [6.45, 7) is 0.289. The van der Waals surface area contributed by atoms with Crippen molar-refractivity contribution in [1.82, 2.24) is 5.32 Å².